The largest absolute Gasteiger partial charge is 0.497 e. The Labute approximate surface area is 294 Å². The summed E-state index contributed by atoms with van der Waals surface area (Å²) in [5.74, 6) is 0.809. The highest BCUT2D eigenvalue weighted by atomic mass is 127. The maximum absolute atomic E-state index is 14.9. The number of hydrogen-bond acceptors (Lipinski definition) is 6. The number of halogens is 1. The first-order valence-corrected chi connectivity index (χ1v) is 20.8. The standard InChI is InChI=1S/C37H49IN4O4Si/c1-25(2)9-8-10-26(3)17-21-42-33-16-11-28(38)23-32(33)37(36(42)44)27(4)35(47(6,7)31-14-12-30(45-5)13-15-31)34(46-37)18-20-41-24-29(19-22-43)39-40-41/h9,11-17,23-24,27,34-35,43H,8,10,18-22H2,1-7H3/b26-17+/t27-,34+,35-,37+/m0/s1. The third kappa shape index (κ3) is 7.16. The number of aromatic nitrogens is 3. The summed E-state index contributed by atoms with van der Waals surface area (Å²) in [6.45, 7) is 14.6. The summed E-state index contributed by atoms with van der Waals surface area (Å²) < 4.78 is 15.7. The minimum atomic E-state index is -2.24. The molecule has 2 aliphatic rings. The zero-order valence-electron chi connectivity index (χ0n) is 28.8. The Kier molecular flexibility index (Phi) is 11.1. The summed E-state index contributed by atoms with van der Waals surface area (Å²) in [5.41, 5.74) is 4.37. The number of fused-ring (bicyclic) bond motifs is 2. The van der Waals surface area contributed by atoms with Gasteiger partial charge in [0.05, 0.1) is 32.7 Å². The second kappa shape index (κ2) is 14.8. The van der Waals surface area contributed by atoms with Crippen LogP contribution in [-0.4, -0.2) is 60.4 Å². The molecule has 0 bridgehead atoms. The van der Waals surface area contributed by atoms with E-state index in [0.717, 1.165) is 39.1 Å². The fourth-order valence-electron chi connectivity index (χ4n) is 7.61. The molecule has 5 rings (SSSR count). The molecule has 1 saturated heterocycles. The number of allylic oxidation sites excluding steroid dienone is 3. The third-order valence-electron chi connectivity index (χ3n) is 10.1. The normalized spacial score (nSPS) is 22.7. The van der Waals surface area contributed by atoms with Crippen molar-refractivity contribution in [1.29, 1.82) is 0 Å². The molecule has 1 fully saturated rings. The second-order valence-corrected chi connectivity index (χ2v) is 19.8. The summed E-state index contributed by atoms with van der Waals surface area (Å²) in [4.78, 5) is 16.9. The Bertz CT molecular complexity index is 1630. The first-order chi connectivity index (χ1) is 22.4. The van der Waals surface area contributed by atoms with Gasteiger partial charge >= 0.3 is 0 Å². The minimum Gasteiger partial charge on any atom is -0.497 e. The molecule has 0 unspecified atom stereocenters. The molecule has 2 aliphatic heterocycles. The van der Waals surface area contributed by atoms with Crippen molar-refractivity contribution in [1.82, 2.24) is 15.0 Å². The van der Waals surface area contributed by atoms with Crippen molar-refractivity contribution in [3.8, 4) is 5.75 Å². The van der Waals surface area contributed by atoms with E-state index in [1.807, 2.05) is 27.9 Å². The zero-order valence-corrected chi connectivity index (χ0v) is 32.0. The van der Waals surface area contributed by atoms with Crippen LogP contribution in [0.4, 0.5) is 5.69 Å². The predicted octanol–water partition coefficient (Wildman–Crippen LogP) is 6.77. The number of methoxy groups -OCH3 is 1. The molecular weight excluding hydrogens is 719 g/mol. The molecule has 4 atom stereocenters. The summed E-state index contributed by atoms with van der Waals surface area (Å²) in [6.07, 6.45) is 9.34. The number of amides is 1. The van der Waals surface area contributed by atoms with Crippen LogP contribution in [0.2, 0.25) is 18.6 Å². The fraction of sp³-hybridized carbons (Fsp3) is 0.486. The topological polar surface area (TPSA) is 89.7 Å². The van der Waals surface area contributed by atoms with Gasteiger partial charge in [0.25, 0.3) is 5.91 Å². The number of aryl methyl sites for hydroxylation is 1. The Hall–Kier alpha value is -2.80. The van der Waals surface area contributed by atoms with Gasteiger partial charge in [-0.25, -0.2) is 0 Å². The lowest BCUT2D eigenvalue weighted by atomic mass is 9.82. The smallest absolute Gasteiger partial charge is 0.264 e. The molecule has 2 aromatic carbocycles. The lowest BCUT2D eigenvalue weighted by molar-refractivity contribution is -0.145. The van der Waals surface area contributed by atoms with E-state index >= 15 is 0 Å². The fourth-order valence-corrected chi connectivity index (χ4v) is 12.2. The SMILES string of the molecule is COc1ccc([Si](C)(C)[C@@H]2[C@@H](CCn3cc(CCO)nn3)O[C@]3(C(=O)N(C/C=C(\C)CCC=C(C)C)c4ccc(I)cc43)[C@H]2C)cc1. The maximum Gasteiger partial charge on any atom is 0.264 e. The lowest BCUT2D eigenvalue weighted by Crippen LogP contribution is -2.52. The highest BCUT2D eigenvalue weighted by molar-refractivity contribution is 14.1. The van der Waals surface area contributed by atoms with Gasteiger partial charge < -0.3 is 19.5 Å². The molecule has 0 aliphatic carbocycles. The van der Waals surface area contributed by atoms with Crippen molar-refractivity contribution in [2.45, 2.75) is 90.3 Å². The number of aliphatic hydroxyl groups excluding tert-OH is 1. The van der Waals surface area contributed by atoms with Gasteiger partial charge in [-0.15, -0.1) is 5.10 Å². The van der Waals surface area contributed by atoms with Gasteiger partial charge in [0.15, 0.2) is 5.60 Å². The van der Waals surface area contributed by atoms with E-state index in [0.29, 0.717) is 25.9 Å². The molecule has 47 heavy (non-hydrogen) atoms. The molecule has 252 valence electrons. The van der Waals surface area contributed by atoms with Crippen molar-refractivity contribution in [2.24, 2.45) is 5.92 Å². The summed E-state index contributed by atoms with van der Waals surface area (Å²) >= 11 is 2.35. The van der Waals surface area contributed by atoms with Gasteiger partial charge in [-0.05, 0) is 98.5 Å². The quantitative estimate of drug-likeness (QED) is 0.117. The number of carbonyl (C=O) groups excluding carboxylic acids is 1. The Balaban J connectivity index is 1.53. The van der Waals surface area contributed by atoms with Crippen LogP contribution in [0, 0.1) is 9.49 Å². The van der Waals surface area contributed by atoms with Crippen LogP contribution in [0.3, 0.4) is 0 Å². The van der Waals surface area contributed by atoms with Crippen molar-refractivity contribution >= 4 is 47.4 Å². The van der Waals surface area contributed by atoms with Crippen LogP contribution < -0.4 is 14.8 Å². The van der Waals surface area contributed by atoms with Crippen LogP contribution in [-0.2, 0) is 28.1 Å². The summed E-state index contributed by atoms with van der Waals surface area (Å²) in [7, 11) is -0.553. The first kappa shape index (κ1) is 35.5. The molecule has 3 aromatic rings. The van der Waals surface area contributed by atoms with E-state index in [2.05, 4.69) is 116 Å². The number of ether oxygens (including phenoxy) is 2. The van der Waals surface area contributed by atoms with E-state index in [4.69, 9.17) is 9.47 Å². The van der Waals surface area contributed by atoms with Crippen molar-refractivity contribution in [3.63, 3.8) is 0 Å². The number of anilines is 1. The van der Waals surface area contributed by atoms with Crippen LogP contribution in [0.25, 0.3) is 0 Å². The number of benzene rings is 2. The Morgan fingerprint density at radius 2 is 1.89 bits per heavy atom. The molecule has 8 nitrogen and oxygen atoms in total. The second-order valence-electron chi connectivity index (χ2n) is 13.8. The molecular formula is C37H49IN4O4Si. The molecule has 1 aromatic heterocycles. The van der Waals surface area contributed by atoms with Crippen molar-refractivity contribution < 1.29 is 19.4 Å². The average Bonchev–Trinajstić information content (AvgIpc) is 3.68. The van der Waals surface area contributed by atoms with Crippen molar-refractivity contribution in [2.75, 3.05) is 25.2 Å². The number of nitrogens with zero attached hydrogens (tertiary/aromatic N) is 4. The molecule has 10 heteroatoms. The van der Waals surface area contributed by atoms with Gasteiger partial charge in [-0.2, -0.15) is 0 Å². The van der Waals surface area contributed by atoms with Crippen LogP contribution >= 0.6 is 22.6 Å². The monoisotopic (exact) mass is 768 g/mol. The van der Waals surface area contributed by atoms with Gasteiger partial charge in [0.1, 0.15) is 5.75 Å². The predicted molar refractivity (Wildman–Crippen MR) is 199 cm³/mol. The Morgan fingerprint density at radius 1 is 1.15 bits per heavy atom. The van der Waals surface area contributed by atoms with Crippen LogP contribution in [0.15, 0.2) is 72.0 Å². The van der Waals surface area contributed by atoms with Gasteiger partial charge in [0, 0.05) is 47.4 Å². The van der Waals surface area contributed by atoms with Crippen LogP contribution in [0.1, 0.15) is 58.2 Å². The summed E-state index contributed by atoms with van der Waals surface area (Å²) in [5, 5.41) is 19.2. The van der Waals surface area contributed by atoms with E-state index in [1.54, 1.807) is 7.11 Å². The van der Waals surface area contributed by atoms with E-state index in [9.17, 15) is 9.90 Å². The van der Waals surface area contributed by atoms with Crippen LogP contribution in [0.5, 0.6) is 5.75 Å². The van der Waals surface area contributed by atoms with E-state index < -0.39 is 13.7 Å². The highest BCUT2D eigenvalue weighted by Crippen LogP contribution is 2.60. The van der Waals surface area contributed by atoms with E-state index in [-0.39, 0.29) is 30.1 Å². The maximum atomic E-state index is 14.9. The molecule has 0 saturated carbocycles. The number of carbonyl (C=O) groups is 1. The van der Waals surface area contributed by atoms with E-state index in [1.165, 1.54) is 16.3 Å². The molecule has 0 radical (unpaired) electrons. The van der Waals surface area contributed by atoms with Gasteiger partial charge in [-0.3, -0.25) is 9.48 Å². The van der Waals surface area contributed by atoms with Gasteiger partial charge in [0.2, 0.25) is 0 Å². The highest BCUT2D eigenvalue weighted by Gasteiger charge is 2.66. The minimum absolute atomic E-state index is 0.0355. The number of aliphatic hydroxyl groups is 1. The molecule has 3 heterocycles. The zero-order chi connectivity index (χ0) is 33.9. The molecule has 1 spiro atoms. The Morgan fingerprint density at radius 3 is 2.57 bits per heavy atom. The molecule has 1 amide bonds. The van der Waals surface area contributed by atoms with Gasteiger partial charge in [-0.1, -0.05) is 65.8 Å². The average molecular weight is 769 g/mol. The van der Waals surface area contributed by atoms with Crippen molar-refractivity contribution in [3.05, 3.63) is 86.8 Å². The lowest BCUT2D eigenvalue weighted by Gasteiger charge is -2.37. The number of hydrogen-bond donors (Lipinski definition) is 1. The third-order valence-corrected chi connectivity index (χ3v) is 15.1. The molecule has 1 N–H and O–H groups in total. The first-order valence-electron chi connectivity index (χ1n) is 16.7. The summed E-state index contributed by atoms with van der Waals surface area (Å²) in [6, 6.07) is 14.8. The number of rotatable bonds is 13.